The third-order valence-corrected chi connectivity index (χ3v) is 4.51. The zero-order valence-corrected chi connectivity index (χ0v) is 12.5. The number of rotatable bonds is 4. The molecule has 3 heteroatoms. The Labute approximate surface area is 129 Å². The first-order valence-corrected chi connectivity index (χ1v) is 7.86. The maximum Gasteiger partial charge on any atom is 0.200 e. The highest BCUT2D eigenvalue weighted by Gasteiger charge is 2.23. The second kappa shape index (κ2) is 6.91. The summed E-state index contributed by atoms with van der Waals surface area (Å²) in [4.78, 5) is 0. The van der Waals surface area contributed by atoms with E-state index >= 15 is 0 Å². The SMILES string of the molecule is Fc1cccc(OCC2CCC(c3ccccc3)CC2)c1F. The first-order valence-electron chi connectivity index (χ1n) is 7.86. The normalized spacial score (nSPS) is 21.5. The van der Waals surface area contributed by atoms with Crippen molar-refractivity contribution >= 4 is 0 Å². The van der Waals surface area contributed by atoms with Crippen molar-refractivity contribution in [3.8, 4) is 5.75 Å². The standard InChI is InChI=1S/C19H20F2O/c20-17-7-4-8-18(19(17)21)22-13-14-9-11-16(12-10-14)15-5-2-1-3-6-15/h1-8,14,16H,9-13H2. The molecule has 2 aromatic carbocycles. The van der Waals surface area contributed by atoms with Crippen LogP contribution in [0.5, 0.6) is 5.75 Å². The molecule has 1 aliphatic carbocycles. The van der Waals surface area contributed by atoms with Gasteiger partial charge in [-0.25, -0.2) is 4.39 Å². The molecule has 0 spiro atoms. The molecule has 1 saturated carbocycles. The molecule has 0 bridgehead atoms. The zero-order chi connectivity index (χ0) is 15.4. The smallest absolute Gasteiger partial charge is 0.200 e. The maximum atomic E-state index is 13.5. The van der Waals surface area contributed by atoms with E-state index in [2.05, 4.69) is 24.3 Å². The molecule has 0 aromatic heterocycles. The molecule has 1 nitrogen and oxygen atoms in total. The average molecular weight is 302 g/mol. The summed E-state index contributed by atoms with van der Waals surface area (Å²) in [5.74, 6) is -0.693. The summed E-state index contributed by atoms with van der Waals surface area (Å²) in [7, 11) is 0. The lowest BCUT2D eigenvalue weighted by Crippen LogP contribution is -2.19. The molecule has 0 saturated heterocycles. The maximum absolute atomic E-state index is 13.5. The van der Waals surface area contributed by atoms with Crippen molar-refractivity contribution in [2.45, 2.75) is 31.6 Å². The van der Waals surface area contributed by atoms with Gasteiger partial charge >= 0.3 is 0 Å². The fraction of sp³-hybridized carbons (Fsp3) is 0.368. The Morgan fingerprint density at radius 1 is 0.864 bits per heavy atom. The molecule has 1 aliphatic rings. The van der Waals surface area contributed by atoms with Crippen molar-refractivity contribution in [1.82, 2.24) is 0 Å². The van der Waals surface area contributed by atoms with Gasteiger partial charge in [-0.2, -0.15) is 4.39 Å². The first-order chi connectivity index (χ1) is 10.7. The molecule has 2 aromatic rings. The van der Waals surface area contributed by atoms with Crippen LogP contribution in [0.25, 0.3) is 0 Å². The van der Waals surface area contributed by atoms with Gasteiger partial charge in [-0.15, -0.1) is 0 Å². The van der Waals surface area contributed by atoms with Gasteiger partial charge in [0.1, 0.15) is 0 Å². The summed E-state index contributed by atoms with van der Waals surface area (Å²) in [5, 5.41) is 0. The summed E-state index contributed by atoms with van der Waals surface area (Å²) in [5.41, 5.74) is 1.40. The number of halogens is 2. The lowest BCUT2D eigenvalue weighted by Gasteiger charge is -2.28. The Balaban J connectivity index is 1.51. The van der Waals surface area contributed by atoms with E-state index in [0.29, 0.717) is 18.4 Å². The van der Waals surface area contributed by atoms with E-state index in [1.807, 2.05) is 6.07 Å². The summed E-state index contributed by atoms with van der Waals surface area (Å²) in [6.07, 6.45) is 4.39. The van der Waals surface area contributed by atoms with E-state index in [-0.39, 0.29) is 5.75 Å². The van der Waals surface area contributed by atoms with Crippen LogP contribution in [0.3, 0.4) is 0 Å². The minimum atomic E-state index is -0.888. The molecule has 1 fully saturated rings. The molecule has 3 rings (SSSR count). The Bertz CT molecular complexity index is 604. The van der Waals surface area contributed by atoms with E-state index in [4.69, 9.17) is 4.74 Å². The number of hydrogen-bond acceptors (Lipinski definition) is 1. The molecule has 22 heavy (non-hydrogen) atoms. The summed E-state index contributed by atoms with van der Waals surface area (Å²) >= 11 is 0. The van der Waals surface area contributed by atoms with Crippen LogP contribution >= 0.6 is 0 Å². The van der Waals surface area contributed by atoms with Gasteiger partial charge in [0.2, 0.25) is 5.82 Å². The third-order valence-electron chi connectivity index (χ3n) is 4.51. The Hall–Kier alpha value is -1.90. The monoisotopic (exact) mass is 302 g/mol. The molecule has 0 unspecified atom stereocenters. The van der Waals surface area contributed by atoms with Crippen LogP contribution in [0.2, 0.25) is 0 Å². The van der Waals surface area contributed by atoms with E-state index in [1.54, 1.807) is 0 Å². The minimum absolute atomic E-state index is 0.0187. The summed E-state index contributed by atoms with van der Waals surface area (Å²) in [6, 6.07) is 14.6. The highest BCUT2D eigenvalue weighted by molar-refractivity contribution is 5.25. The Morgan fingerprint density at radius 3 is 2.32 bits per heavy atom. The van der Waals surface area contributed by atoms with Gasteiger partial charge in [-0.05, 0) is 55.2 Å². The van der Waals surface area contributed by atoms with Gasteiger partial charge in [0.25, 0.3) is 0 Å². The van der Waals surface area contributed by atoms with Crippen molar-refractivity contribution in [3.05, 3.63) is 65.7 Å². The largest absolute Gasteiger partial charge is 0.490 e. The summed E-state index contributed by atoms with van der Waals surface area (Å²) in [6.45, 7) is 0.460. The van der Waals surface area contributed by atoms with E-state index in [0.717, 1.165) is 31.7 Å². The van der Waals surface area contributed by atoms with Crippen molar-refractivity contribution < 1.29 is 13.5 Å². The van der Waals surface area contributed by atoms with Crippen LogP contribution in [-0.2, 0) is 0 Å². The number of benzene rings is 2. The predicted molar refractivity (Wildman–Crippen MR) is 83.0 cm³/mol. The Kier molecular flexibility index (Phi) is 4.71. The topological polar surface area (TPSA) is 9.23 Å². The van der Waals surface area contributed by atoms with E-state index in [9.17, 15) is 8.78 Å². The summed E-state index contributed by atoms with van der Waals surface area (Å²) < 4.78 is 32.2. The van der Waals surface area contributed by atoms with Crippen LogP contribution in [0.1, 0.15) is 37.2 Å². The fourth-order valence-electron chi connectivity index (χ4n) is 3.19. The van der Waals surface area contributed by atoms with Gasteiger partial charge in [0.15, 0.2) is 11.6 Å². The zero-order valence-electron chi connectivity index (χ0n) is 12.5. The minimum Gasteiger partial charge on any atom is -0.490 e. The van der Waals surface area contributed by atoms with Gasteiger partial charge in [0, 0.05) is 0 Å². The Morgan fingerprint density at radius 2 is 1.59 bits per heavy atom. The molecule has 0 atom stereocenters. The molecule has 0 aliphatic heterocycles. The van der Waals surface area contributed by atoms with Crippen LogP contribution in [-0.4, -0.2) is 6.61 Å². The van der Waals surface area contributed by atoms with Crippen LogP contribution in [0, 0.1) is 17.6 Å². The van der Waals surface area contributed by atoms with E-state index in [1.165, 1.54) is 17.7 Å². The van der Waals surface area contributed by atoms with Crippen LogP contribution in [0.4, 0.5) is 8.78 Å². The van der Waals surface area contributed by atoms with Gasteiger partial charge in [0.05, 0.1) is 6.61 Å². The predicted octanol–water partition coefficient (Wildman–Crippen LogP) is 5.32. The highest BCUT2D eigenvalue weighted by atomic mass is 19.2. The van der Waals surface area contributed by atoms with Crippen molar-refractivity contribution in [2.75, 3.05) is 6.61 Å². The lowest BCUT2D eigenvalue weighted by atomic mass is 9.79. The number of hydrogen-bond donors (Lipinski definition) is 0. The van der Waals surface area contributed by atoms with Crippen molar-refractivity contribution in [2.24, 2.45) is 5.92 Å². The molecule has 0 radical (unpaired) electrons. The fourth-order valence-corrected chi connectivity index (χ4v) is 3.19. The molecular weight excluding hydrogens is 282 g/mol. The van der Waals surface area contributed by atoms with Crippen LogP contribution < -0.4 is 4.74 Å². The quantitative estimate of drug-likeness (QED) is 0.743. The second-order valence-electron chi connectivity index (χ2n) is 5.99. The number of ether oxygens (including phenoxy) is 1. The third kappa shape index (κ3) is 3.46. The van der Waals surface area contributed by atoms with Gasteiger partial charge in [-0.3, -0.25) is 0 Å². The highest BCUT2D eigenvalue weighted by Crippen LogP contribution is 2.36. The molecule has 0 heterocycles. The van der Waals surface area contributed by atoms with E-state index < -0.39 is 11.6 Å². The molecular formula is C19H20F2O. The molecule has 116 valence electrons. The first kappa shape index (κ1) is 15.0. The second-order valence-corrected chi connectivity index (χ2v) is 5.99. The van der Waals surface area contributed by atoms with Gasteiger partial charge in [-0.1, -0.05) is 36.4 Å². The average Bonchev–Trinajstić information content (AvgIpc) is 2.57. The molecule has 0 amide bonds. The van der Waals surface area contributed by atoms with Crippen LogP contribution in [0.15, 0.2) is 48.5 Å². The van der Waals surface area contributed by atoms with Crippen molar-refractivity contribution in [1.29, 1.82) is 0 Å². The lowest BCUT2D eigenvalue weighted by molar-refractivity contribution is 0.192. The molecule has 0 N–H and O–H groups in total. The van der Waals surface area contributed by atoms with Crippen molar-refractivity contribution in [3.63, 3.8) is 0 Å². The van der Waals surface area contributed by atoms with Gasteiger partial charge < -0.3 is 4.74 Å².